The molecule has 0 spiro atoms. The van der Waals surface area contributed by atoms with Crippen molar-refractivity contribution in [2.45, 2.75) is 18.9 Å². The highest BCUT2D eigenvalue weighted by Gasteiger charge is 2.15. The summed E-state index contributed by atoms with van der Waals surface area (Å²) in [5, 5.41) is 0. The van der Waals surface area contributed by atoms with Crippen LogP contribution in [0, 0.1) is 0 Å². The van der Waals surface area contributed by atoms with Crippen molar-refractivity contribution in [2.24, 2.45) is 5.73 Å². The van der Waals surface area contributed by atoms with Crippen LogP contribution >= 0.6 is 0 Å². The number of nitrogens with two attached hydrogens (primary N) is 1. The molecule has 2 N–H and O–H groups in total. The van der Waals surface area contributed by atoms with Crippen molar-refractivity contribution in [1.29, 1.82) is 0 Å². The molecule has 0 saturated carbocycles. The summed E-state index contributed by atoms with van der Waals surface area (Å²) < 4.78 is 10.6. The van der Waals surface area contributed by atoms with Gasteiger partial charge in [-0.15, -0.1) is 0 Å². The number of methoxy groups -OCH3 is 1. The molecule has 0 bridgehead atoms. The first kappa shape index (κ1) is 11.0. The van der Waals surface area contributed by atoms with E-state index in [1.165, 1.54) is 5.56 Å². The second kappa shape index (κ2) is 5.03. The fraction of sp³-hybridized carbons (Fsp3) is 0.385. The first-order valence-electron chi connectivity index (χ1n) is 5.51. The highest BCUT2D eigenvalue weighted by molar-refractivity contribution is 5.29. The summed E-state index contributed by atoms with van der Waals surface area (Å²) in [7, 11) is 1.67. The quantitative estimate of drug-likeness (QED) is 0.840. The molecule has 0 radical (unpaired) electrons. The molecule has 1 aliphatic rings. The second-order valence-corrected chi connectivity index (χ2v) is 3.91. The molecule has 3 heteroatoms. The van der Waals surface area contributed by atoms with E-state index in [4.69, 9.17) is 15.2 Å². The molecule has 16 heavy (non-hydrogen) atoms. The van der Waals surface area contributed by atoms with Gasteiger partial charge in [-0.3, -0.25) is 0 Å². The van der Waals surface area contributed by atoms with Crippen molar-refractivity contribution >= 4 is 0 Å². The summed E-state index contributed by atoms with van der Waals surface area (Å²) in [6.45, 7) is 0.765. The Hall–Kier alpha value is -1.48. The van der Waals surface area contributed by atoms with Crippen molar-refractivity contribution in [3.63, 3.8) is 0 Å². The zero-order valence-electron chi connectivity index (χ0n) is 9.48. The van der Waals surface area contributed by atoms with E-state index in [-0.39, 0.29) is 6.04 Å². The van der Waals surface area contributed by atoms with Crippen LogP contribution in [0.2, 0.25) is 0 Å². The van der Waals surface area contributed by atoms with Crippen molar-refractivity contribution in [1.82, 2.24) is 0 Å². The van der Waals surface area contributed by atoms with Gasteiger partial charge in [-0.2, -0.15) is 0 Å². The lowest BCUT2D eigenvalue weighted by atomic mass is 10.0. The van der Waals surface area contributed by atoms with Gasteiger partial charge in [0, 0.05) is 6.42 Å². The van der Waals surface area contributed by atoms with Crippen LogP contribution in [0.25, 0.3) is 0 Å². The zero-order valence-corrected chi connectivity index (χ0v) is 9.48. The lowest BCUT2D eigenvalue weighted by molar-refractivity contribution is 0.224. The molecule has 86 valence electrons. The molecular weight excluding hydrogens is 202 g/mol. The maximum atomic E-state index is 6.07. The number of rotatable bonds is 4. The maximum absolute atomic E-state index is 6.07. The fourth-order valence-electron chi connectivity index (χ4n) is 1.85. The average molecular weight is 219 g/mol. The van der Waals surface area contributed by atoms with Crippen LogP contribution in [0.5, 0.6) is 5.75 Å². The van der Waals surface area contributed by atoms with Crippen LogP contribution < -0.4 is 10.5 Å². The maximum Gasteiger partial charge on any atom is 0.119 e. The van der Waals surface area contributed by atoms with Gasteiger partial charge in [0.2, 0.25) is 0 Å². The Kier molecular flexibility index (Phi) is 3.47. The highest BCUT2D eigenvalue weighted by Crippen LogP contribution is 2.18. The molecular formula is C13H17NO2. The molecule has 1 aromatic rings. The average Bonchev–Trinajstić information content (AvgIpc) is 2.83. The predicted molar refractivity (Wildman–Crippen MR) is 63.3 cm³/mol. The smallest absolute Gasteiger partial charge is 0.119 e. The predicted octanol–water partition coefficient (Wildman–Crippen LogP) is 1.87. The first-order valence-corrected chi connectivity index (χ1v) is 5.51. The number of hydrogen-bond acceptors (Lipinski definition) is 3. The molecule has 1 heterocycles. The molecule has 1 atom stereocenters. The van der Waals surface area contributed by atoms with E-state index in [9.17, 15) is 0 Å². The Labute approximate surface area is 95.9 Å². The van der Waals surface area contributed by atoms with E-state index in [0.717, 1.165) is 31.0 Å². The molecule has 0 fully saturated rings. The SMILES string of the molecule is COc1cccc(CC(N)C2=CCCO2)c1. The molecule has 3 nitrogen and oxygen atoms in total. The lowest BCUT2D eigenvalue weighted by Gasteiger charge is -2.13. The summed E-state index contributed by atoms with van der Waals surface area (Å²) in [6.07, 6.45) is 3.83. The van der Waals surface area contributed by atoms with Gasteiger partial charge < -0.3 is 15.2 Å². The zero-order chi connectivity index (χ0) is 11.4. The van der Waals surface area contributed by atoms with Crippen LogP contribution in [-0.4, -0.2) is 19.8 Å². The van der Waals surface area contributed by atoms with E-state index < -0.39 is 0 Å². The van der Waals surface area contributed by atoms with Gasteiger partial charge in [-0.1, -0.05) is 12.1 Å². The third kappa shape index (κ3) is 2.55. The second-order valence-electron chi connectivity index (χ2n) is 3.91. The fourth-order valence-corrected chi connectivity index (χ4v) is 1.85. The van der Waals surface area contributed by atoms with Gasteiger partial charge in [0.15, 0.2) is 0 Å². The van der Waals surface area contributed by atoms with E-state index in [2.05, 4.69) is 12.1 Å². The Morgan fingerprint density at radius 3 is 3.06 bits per heavy atom. The number of ether oxygens (including phenoxy) is 2. The Bertz CT molecular complexity index is 387. The standard InChI is InChI=1S/C13H17NO2/c1-15-11-5-2-4-10(8-11)9-12(14)13-6-3-7-16-13/h2,4-6,8,12H,3,7,9,14H2,1H3. The van der Waals surface area contributed by atoms with Crippen molar-refractivity contribution in [3.8, 4) is 5.75 Å². The molecule has 1 aromatic carbocycles. The van der Waals surface area contributed by atoms with Crippen LogP contribution in [-0.2, 0) is 11.2 Å². The summed E-state index contributed by atoms with van der Waals surface area (Å²) in [5.74, 6) is 1.79. The summed E-state index contributed by atoms with van der Waals surface area (Å²) in [4.78, 5) is 0. The minimum Gasteiger partial charge on any atom is -0.497 e. The minimum atomic E-state index is -0.0467. The Balaban J connectivity index is 2.02. The largest absolute Gasteiger partial charge is 0.497 e. The molecule has 0 aromatic heterocycles. The normalized spacial score (nSPS) is 16.5. The summed E-state index contributed by atoms with van der Waals surface area (Å²) in [5.41, 5.74) is 7.24. The van der Waals surface area contributed by atoms with Crippen LogP contribution in [0.3, 0.4) is 0 Å². The third-order valence-corrected chi connectivity index (χ3v) is 2.69. The topological polar surface area (TPSA) is 44.5 Å². The van der Waals surface area contributed by atoms with Crippen LogP contribution in [0.1, 0.15) is 12.0 Å². The van der Waals surface area contributed by atoms with Crippen molar-refractivity contribution in [3.05, 3.63) is 41.7 Å². The van der Waals surface area contributed by atoms with Crippen molar-refractivity contribution in [2.75, 3.05) is 13.7 Å². The van der Waals surface area contributed by atoms with E-state index >= 15 is 0 Å². The Morgan fingerprint density at radius 2 is 2.38 bits per heavy atom. The molecule has 0 amide bonds. The monoisotopic (exact) mass is 219 g/mol. The van der Waals surface area contributed by atoms with Crippen LogP contribution in [0.4, 0.5) is 0 Å². The van der Waals surface area contributed by atoms with Gasteiger partial charge in [0.1, 0.15) is 11.5 Å². The van der Waals surface area contributed by atoms with Gasteiger partial charge in [-0.05, 0) is 30.2 Å². The van der Waals surface area contributed by atoms with Gasteiger partial charge in [0.25, 0.3) is 0 Å². The number of hydrogen-bond donors (Lipinski definition) is 1. The molecule has 0 saturated heterocycles. The number of benzene rings is 1. The summed E-state index contributed by atoms with van der Waals surface area (Å²) >= 11 is 0. The Morgan fingerprint density at radius 1 is 1.50 bits per heavy atom. The highest BCUT2D eigenvalue weighted by atomic mass is 16.5. The van der Waals surface area contributed by atoms with E-state index in [0.29, 0.717) is 0 Å². The third-order valence-electron chi connectivity index (χ3n) is 2.69. The van der Waals surface area contributed by atoms with Crippen molar-refractivity contribution < 1.29 is 9.47 Å². The van der Waals surface area contributed by atoms with Gasteiger partial charge in [0.05, 0.1) is 19.8 Å². The van der Waals surface area contributed by atoms with Crippen LogP contribution in [0.15, 0.2) is 36.1 Å². The van der Waals surface area contributed by atoms with Gasteiger partial charge in [-0.25, -0.2) is 0 Å². The molecule has 1 unspecified atom stereocenters. The first-order chi connectivity index (χ1) is 7.79. The lowest BCUT2D eigenvalue weighted by Crippen LogP contribution is -2.25. The molecule has 0 aliphatic carbocycles. The molecule has 2 rings (SSSR count). The van der Waals surface area contributed by atoms with E-state index in [1.54, 1.807) is 7.11 Å². The molecule has 1 aliphatic heterocycles. The summed E-state index contributed by atoms with van der Waals surface area (Å²) in [6, 6.07) is 7.92. The minimum absolute atomic E-state index is 0.0467. The van der Waals surface area contributed by atoms with E-state index in [1.807, 2.05) is 18.2 Å². The van der Waals surface area contributed by atoms with Gasteiger partial charge >= 0.3 is 0 Å².